The molecular weight excluding hydrogens is 308 g/mol. The Kier molecular flexibility index (Phi) is 5.13. The first-order valence-corrected chi connectivity index (χ1v) is 8.19. The highest BCUT2D eigenvalue weighted by molar-refractivity contribution is 9.10. The first kappa shape index (κ1) is 14.4. The zero-order valence-corrected chi connectivity index (χ0v) is 13.4. The van der Waals surface area contributed by atoms with Gasteiger partial charge in [-0.2, -0.15) is 11.8 Å². The van der Waals surface area contributed by atoms with Gasteiger partial charge < -0.3 is 5.73 Å². The third-order valence-corrected chi connectivity index (χ3v) is 5.33. The Hall–Kier alpha value is -0.0300. The molecule has 1 saturated heterocycles. The van der Waals surface area contributed by atoms with Crippen molar-refractivity contribution in [1.82, 2.24) is 4.90 Å². The molecule has 4 heteroatoms. The van der Waals surface area contributed by atoms with E-state index in [1.807, 2.05) is 0 Å². The molecule has 1 aliphatic rings. The molecule has 2 rings (SSSR count). The van der Waals surface area contributed by atoms with Crippen molar-refractivity contribution in [3.05, 3.63) is 34.3 Å². The van der Waals surface area contributed by atoms with Crippen molar-refractivity contribution in [3.63, 3.8) is 0 Å². The molecule has 1 aromatic rings. The molecule has 0 saturated carbocycles. The van der Waals surface area contributed by atoms with Crippen LogP contribution in [0.5, 0.6) is 0 Å². The number of benzene rings is 1. The van der Waals surface area contributed by atoms with Gasteiger partial charge in [-0.15, -0.1) is 0 Å². The van der Waals surface area contributed by atoms with Crippen LogP contribution in [0.4, 0.5) is 0 Å². The number of rotatable bonds is 3. The zero-order chi connectivity index (χ0) is 13.1. The van der Waals surface area contributed by atoms with Gasteiger partial charge in [0.25, 0.3) is 0 Å². The van der Waals surface area contributed by atoms with Crippen LogP contribution in [-0.4, -0.2) is 35.0 Å². The lowest BCUT2D eigenvalue weighted by molar-refractivity contribution is 0.199. The molecule has 100 valence electrons. The summed E-state index contributed by atoms with van der Waals surface area (Å²) in [4.78, 5) is 2.53. The van der Waals surface area contributed by atoms with Gasteiger partial charge in [-0.3, -0.25) is 4.90 Å². The molecule has 18 heavy (non-hydrogen) atoms. The normalized spacial score (nSPS) is 27.1. The minimum absolute atomic E-state index is 0.325. The van der Waals surface area contributed by atoms with E-state index < -0.39 is 0 Å². The van der Waals surface area contributed by atoms with Crippen molar-refractivity contribution in [3.8, 4) is 0 Å². The SMILES string of the molecule is CC1CN(C(CN)c2ccccc2Br)CC(C)S1. The summed E-state index contributed by atoms with van der Waals surface area (Å²) in [5.41, 5.74) is 7.34. The Morgan fingerprint density at radius 1 is 1.33 bits per heavy atom. The highest BCUT2D eigenvalue weighted by Gasteiger charge is 2.28. The molecule has 1 heterocycles. The smallest absolute Gasteiger partial charge is 0.0482 e. The van der Waals surface area contributed by atoms with E-state index >= 15 is 0 Å². The van der Waals surface area contributed by atoms with Crippen LogP contribution in [0, 0.1) is 0 Å². The standard InChI is InChI=1S/C14H21BrN2S/c1-10-8-17(9-11(2)18-10)14(7-16)12-5-3-4-6-13(12)15/h3-6,10-11,14H,7-9,16H2,1-2H3. The van der Waals surface area contributed by atoms with Gasteiger partial charge in [0.05, 0.1) is 0 Å². The van der Waals surface area contributed by atoms with Crippen LogP contribution in [0.25, 0.3) is 0 Å². The number of thioether (sulfide) groups is 1. The van der Waals surface area contributed by atoms with Crippen molar-refractivity contribution in [2.24, 2.45) is 5.73 Å². The lowest BCUT2D eigenvalue weighted by Crippen LogP contribution is -2.44. The predicted octanol–water partition coefficient (Wildman–Crippen LogP) is 3.27. The summed E-state index contributed by atoms with van der Waals surface area (Å²) in [5.74, 6) is 0. The van der Waals surface area contributed by atoms with Gasteiger partial charge in [0.1, 0.15) is 0 Å². The van der Waals surface area contributed by atoms with E-state index in [9.17, 15) is 0 Å². The van der Waals surface area contributed by atoms with Gasteiger partial charge >= 0.3 is 0 Å². The molecule has 0 radical (unpaired) electrons. The summed E-state index contributed by atoms with van der Waals surface area (Å²) >= 11 is 5.73. The molecule has 0 bridgehead atoms. The minimum Gasteiger partial charge on any atom is -0.329 e. The second kappa shape index (κ2) is 6.42. The van der Waals surface area contributed by atoms with Crippen LogP contribution in [0.1, 0.15) is 25.5 Å². The average molecular weight is 329 g/mol. The number of halogens is 1. The minimum atomic E-state index is 0.325. The Morgan fingerprint density at radius 2 is 1.94 bits per heavy atom. The third kappa shape index (κ3) is 3.29. The quantitative estimate of drug-likeness (QED) is 0.923. The monoisotopic (exact) mass is 328 g/mol. The Bertz CT molecular complexity index is 389. The highest BCUT2D eigenvalue weighted by Crippen LogP contribution is 2.33. The first-order valence-electron chi connectivity index (χ1n) is 6.45. The summed E-state index contributed by atoms with van der Waals surface area (Å²) in [5, 5.41) is 1.37. The summed E-state index contributed by atoms with van der Waals surface area (Å²) in [7, 11) is 0. The maximum atomic E-state index is 6.03. The van der Waals surface area contributed by atoms with Gasteiger partial charge in [0.15, 0.2) is 0 Å². The average Bonchev–Trinajstić information content (AvgIpc) is 2.31. The van der Waals surface area contributed by atoms with Gasteiger partial charge in [0.2, 0.25) is 0 Å². The number of nitrogens with two attached hydrogens (primary N) is 1. The maximum Gasteiger partial charge on any atom is 0.0482 e. The van der Waals surface area contributed by atoms with Crippen molar-refractivity contribution >= 4 is 27.7 Å². The number of nitrogens with zero attached hydrogens (tertiary/aromatic N) is 1. The van der Waals surface area contributed by atoms with Crippen molar-refractivity contribution < 1.29 is 0 Å². The van der Waals surface area contributed by atoms with Gasteiger partial charge in [0, 0.05) is 40.6 Å². The summed E-state index contributed by atoms with van der Waals surface area (Å²) < 4.78 is 1.17. The third-order valence-electron chi connectivity index (χ3n) is 3.38. The van der Waals surface area contributed by atoms with Crippen LogP contribution in [-0.2, 0) is 0 Å². The van der Waals surface area contributed by atoms with E-state index in [4.69, 9.17) is 5.73 Å². The number of hydrogen-bond acceptors (Lipinski definition) is 3. The van der Waals surface area contributed by atoms with Crippen molar-refractivity contribution in [2.45, 2.75) is 30.4 Å². The maximum absolute atomic E-state index is 6.03. The molecule has 0 aromatic heterocycles. The molecule has 1 aromatic carbocycles. The van der Waals surface area contributed by atoms with Gasteiger partial charge in [-0.1, -0.05) is 48.0 Å². The predicted molar refractivity (Wildman–Crippen MR) is 84.0 cm³/mol. The molecule has 0 spiro atoms. The van der Waals surface area contributed by atoms with Crippen LogP contribution in [0.3, 0.4) is 0 Å². The Balaban J connectivity index is 2.20. The van der Waals surface area contributed by atoms with Crippen molar-refractivity contribution in [2.75, 3.05) is 19.6 Å². The van der Waals surface area contributed by atoms with E-state index in [0.29, 0.717) is 23.1 Å². The molecule has 3 unspecified atom stereocenters. The second-order valence-electron chi connectivity index (χ2n) is 4.98. The van der Waals surface area contributed by atoms with Crippen LogP contribution in [0.15, 0.2) is 28.7 Å². The van der Waals surface area contributed by atoms with Crippen LogP contribution >= 0.6 is 27.7 Å². The number of hydrogen-bond donors (Lipinski definition) is 1. The molecule has 1 aliphatic heterocycles. The van der Waals surface area contributed by atoms with E-state index in [0.717, 1.165) is 13.1 Å². The van der Waals surface area contributed by atoms with E-state index in [1.165, 1.54) is 10.0 Å². The van der Waals surface area contributed by atoms with Gasteiger partial charge in [-0.25, -0.2) is 0 Å². The van der Waals surface area contributed by atoms with E-state index in [1.54, 1.807) is 0 Å². The van der Waals surface area contributed by atoms with E-state index in [-0.39, 0.29) is 0 Å². The molecular formula is C14H21BrN2S. The molecule has 0 aliphatic carbocycles. The lowest BCUT2D eigenvalue weighted by atomic mass is 10.0. The van der Waals surface area contributed by atoms with Crippen LogP contribution in [0.2, 0.25) is 0 Å². The lowest BCUT2D eigenvalue weighted by Gasteiger charge is -2.39. The Labute approximate surface area is 122 Å². The van der Waals surface area contributed by atoms with Crippen molar-refractivity contribution in [1.29, 1.82) is 0 Å². The molecule has 2 nitrogen and oxygen atoms in total. The second-order valence-corrected chi connectivity index (χ2v) is 7.72. The van der Waals surface area contributed by atoms with Gasteiger partial charge in [-0.05, 0) is 11.6 Å². The fourth-order valence-electron chi connectivity index (χ4n) is 2.69. The van der Waals surface area contributed by atoms with Crippen LogP contribution < -0.4 is 5.73 Å². The molecule has 3 atom stereocenters. The summed E-state index contributed by atoms with van der Waals surface area (Å²) in [6.07, 6.45) is 0. The largest absolute Gasteiger partial charge is 0.329 e. The highest BCUT2D eigenvalue weighted by atomic mass is 79.9. The fourth-order valence-corrected chi connectivity index (χ4v) is 4.59. The molecule has 2 N–H and O–H groups in total. The Morgan fingerprint density at radius 3 is 2.50 bits per heavy atom. The topological polar surface area (TPSA) is 29.3 Å². The summed E-state index contributed by atoms with van der Waals surface area (Å²) in [6.45, 7) is 7.53. The molecule has 0 amide bonds. The van der Waals surface area contributed by atoms with E-state index in [2.05, 4.69) is 70.7 Å². The summed E-state index contributed by atoms with van der Waals surface area (Å²) in [6, 6.07) is 8.75. The zero-order valence-electron chi connectivity index (χ0n) is 11.0. The molecule has 1 fully saturated rings. The fraction of sp³-hybridized carbons (Fsp3) is 0.571. The first-order chi connectivity index (χ1) is 8.61.